The smallest absolute Gasteiger partial charge is 0.322 e. The Labute approximate surface area is 184 Å². The molecule has 1 atom stereocenters. The molecule has 2 heterocycles. The number of carbonyl (C=O) groups is 1. The molecular formula is C25H22FN3OS. The van der Waals surface area contributed by atoms with Crippen LogP contribution in [0.15, 0.2) is 77.7 Å². The fourth-order valence-corrected chi connectivity index (χ4v) is 4.81. The molecule has 156 valence electrons. The highest BCUT2D eigenvalue weighted by atomic mass is 32.2. The number of fused-ring (bicyclic) bond motifs is 3. The van der Waals surface area contributed by atoms with Crippen LogP contribution in [-0.2, 0) is 6.42 Å². The van der Waals surface area contributed by atoms with E-state index < -0.39 is 0 Å². The summed E-state index contributed by atoms with van der Waals surface area (Å²) in [5.41, 5.74) is 4.90. The number of halogens is 1. The molecule has 5 rings (SSSR count). The third-order valence-electron chi connectivity index (χ3n) is 5.80. The molecule has 1 aliphatic heterocycles. The molecular weight excluding hydrogens is 409 g/mol. The zero-order chi connectivity index (χ0) is 21.4. The number of thioether (sulfide) groups is 1. The normalized spacial score (nSPS) is 15.7. The van der Waals surface area contributed by atoms with Crippen LogP contribution in [0.4, 0.5) is 14.9 Å². The first-order valence-corrected chi connectivity index (χ1v) is 11.4. The molecule has 0 fully saturated rings. The number of hydrogen-bond donors (Lipinski definition) is 2. The third-order valence-corrected chi connectivity index (χ3v) is 6.53. The predicted molar refractivity (Wildman–Crippen MR) is 124 cm³/mol. The Morgan fingerprint density at radius 1 is 1.10 bits per heavy atom. The second kappa shape index (κ2) is 8.12. The number of H-pyrrole nitrogens is 1. The number of amides is 2. The first kappa shape index (κ1) is 19.7. The molecule has 1 aliphatic rings. The first-order valence-electron chi connectivity index (χ1n) is 10.2. The molecule has 3 aromatic carbocycles. The van der Waals surface area contributed by atoms with Crippen LogP contribution < -0.4 is 5.32 Å². The number of urea groups is 1. The van der Waals surface area contributed by atoms with Crippen LogP contribution in [0.25, 0.3) is 10.9 Å². The summed E-state index contributed by atoms with van der Waals surface area (Å²) in [5, 5.41) is 4.23. The number of aromatic amines is 1. The lowest BCUT2D eigenvalue weighted by Crippen LogP contribution is -2.43. The van der Waals surface area contributed by atoms with E-state index in [0.717, 1.165) is 33.8 Å². The monoisotopic (exact) mass is 431 g/mol. The number of carbonyl (C=O) groups excluding carboxylic acids is 1. The van der Waals surface area contributed by atoms with Crippen LogP contribution in [0, 0.1) is 5.82 Å². The van der Waals surface area contributed by atoms with Gasteiger partial charge in [-0.05, 0) is 60.2 Å². The predicted octanol–water partition coefficient (Wildman–Crippen LogP) is 6.21. The molecule has 0 radical (unpaired) electrons. The molecule has 0 saturated carbocycles. The average Bonchev–Trinajstić information content (AvgIpc) is 3.18. The maximum atomic E-state index is 13.6. The van der Waals surface area contributed by atoms with Gasteiger partial charge in [-0.1, -0.05) is 36.4 Å². The van der Waals surface area contributed by atoms with Crippen LogP contribution in [0.2, 0.25) is 0 Å². The van der Waals surface area contributed by atoms with E-state index in [9.17, 15) is 9.18 Å². The van der Waals surface area contributed by atoms with E-state index in [0.29, 0.717) is 6.54 Å². The minimum absolute atomic E-state index is 0.170. The summed E-state index contributed by atoms with van der Waals surface area (Å²) < 4.78 is 13.6. The lowest BCUT2D eigenvalue weighted by molar-refractivity contribution is 0.193. The van der Waals surface area contributed by atoms with Crippen molar-refractivity contribution in [2.75, 3.05) is 18.1 Å². The summed E-state index contributed by atoms with van der Waals surface area (Å²) in [6.07, 6.45) is 2.77. The highest BCUT2D eigenvalue weighted by molar-refractivity contribution is 7.98. The van der Waals surface area contributed by atoms with Crippen LogP contribution >= 0.6 is 11.8 Å². The van der Waals surface area contributed by atoms with Crippen molar-refractivity contribution in [1.29, 1.82) is 0 Å². The molecule has 0 bridgehead atoms. The quantitative estimate of drug-likeness (QED) is 0.379. The van der Waals surface area contributed by atoms with E-state index >= 15 is 0 Å². The number of benzene rings is 3. The lowest BCUT2D eigenvalue weighted by atomic mass is 9.92. The number of anilines is 1. The number of rotatable bonds is 3. The highest BCUT2D eigenvalue weighted by Gasteiger charge is 2.34. The topological polar surface area (TPSA) is 48.1 Å². The Bertz CT molecular complexity index is 1250. The van der Waals surface area contributed by atoms with Crippen molar-refractivity contribution in [3.8, 4) is 0 Å². The molecule has 6 heteroatoms. The maximum absolute atomic E-state index is 13.6. The number of para-hydroxylation sites is 1. The van der Waals surface area contributed by atoms with Gasteiger partial charge in [0.1, 0.15) is 5.82 Å². The van der Waals surface area contributed by atoms with Crippen LogP contribution in [0.1, 0.15) is 22.9 Å². The van der Waals surface area contributed by atoms with Gasteiger partial charge in [-0.15, -0.1) is 11.8 Å². The van der Waals surface area contributed by atoms with Gasteiger partial charge in [-0.2, -0.15) is 0 Å². The number of nitrogens with zero attached hydrogens (tertiary/aromatic N) is 1. The van der Waals surface area contributed by atoms with Gasteiger partial charge < -0.3 is 15.2 Å². The van der Waals surface area contributed by atoms with Crippen LogP contribution in [0.3, 0.4) is 0 Å². The summed E-state index contributed by atoms with van der Waals surface area (Å²) in [6, 6.07) is 21.9. The van der Waals surface area contributed by atoms with Crippen molar-refractivity contribution in [3.63, 3.8) is 0 Å². The van der Waals surface area contributed by atoms with Gasteiger partial charge >= 0.3 is 6.03 Å². The molecule has 2 N–H and O–H groups in total. The van der Waals surface area contributed by atoms with E-state index in [1.807, 2.05) is 53.6 Å². The van der Waals surface area contributed by atoms with Crippen molar-refractivity contribution in [2.24, 2.45) is 0 Å². The molecule has 4 aromatic rings. The van der Waals surface area contributed by atoms with Gasteiger partial charge in [0.15, 0.2) is 0 Å². The summed E-state index contributed by atoms with van der Waals surface area (Å²) in [5.74, 6) is -0.290. The van der Waals surface area contributed by atoms with Crippen LogP contribution in [0.5, 0.6) is 0 Å². The van der Waals surface area contributed by atoms with Crippen LogP contribution in [-0.4, -0.2) is 28.7 Å². The van der Waals surface area contributed by atoms with E-state index in [2.05, 4.69) is 16.4 Å². The number of hydrogen-bond acceptors (Lipinski definition) is 2. The molecule has 1 aromatic heterocycles. The lowest BCUT2D eigenvalue weighted by Gasteiger charge is -2.36. The Morgan fingerprint density at radius 3 is 2.71 bits per heavy atom. The molecule has 0 aliphatic carbocycles. The van der Waals surface area contributed by atoms with Gasteiger partial charge in [0, 0.05) is 33.7 Å². The fraction of sp³-hybridized carbons (Fsp3) is 0.160. The number of aromatic nitrogens is 1. The Kier molecular flexibility index (Phi) is 5.16. The fourth-order valence-electron chi connectivity index (χ4n) is 4.35. The standard InChI is InChI=1S/C25H22FN3OS/c1-31-19-6-4-5-18(15-19)27-25(30)29-14-13-21-20-7-2-3-8-22(20)28-23(21)24(29)16-9-11-17(26)12-10-16/h2-12,15,24,28H,13-14H2,1H3,(H,27,30)/t24-/m0/s1. The SMILES string of the molecule is CSc1cccc(NC(=O)N2CCc3c([nH]c4ccccc34)[C@@H]2c2ccc(F)cc2)c1. The summed E-state index contributed by atoms with van der Waals surface area (Å²) >= 11 is 1.63. The molecule has 0 saturated heterocycles. The Balaban J connectivity index is 1.55. The average molecular weight is 432 g/mol. The summed E-state index contributed by atoms with van der Waals surface area (Å²) in [4.78, 5) is 19.8. The van der Waals surface area contributed by atoms with Crippen molar-refractivity contribution in [1.82, 2.24) is 9.88 Å². The largest absolute Gasteiger partial charge is 0.356 e. The molecule has 0 unspecified atom stereocenters. The van der Waals surface area contributed by atoms with Gasteiger partial charge in [-0.3, -0.25) is 0 Å². The van der Waals surface area contributed by atoms with E-state index in [1.54, 1.807) is 23.9 Å². The van der Waals surface area contributed by atoms with Crippen molar-refractivity contribution < 1.29 is 9.18 Å². The molecule has 4 nitrogen and oxygen atoms in total. The van der Waals surface area contributed by atoms with Gasteiger partial charge in [-0.25, -0.2) is 9.18 Å². The zero-order valence-corrected chi connectivity index (χ0v) is 17.9. The molecule has 0 spiro atoms. The van der Waals surface area contributed by atoms with Crippen molar-refractivity contribution >= 4 is 34.4 Å². The second-order valence-electron chi connectivity index (χ2n) is 7.62. The second-order valence-corrected chi connectivity index (χ2v) is 8.50. The third kappa shape index (κ3) is 3.68. The van der Waals surface area contributed by atoms with Gasteiger partial charge in [0.05, 0.1) is 6.04 Å². The molecule has 31 heavy (non-hydrogen) atoms. The summed E-state index contributed by atoms with van der Waals surface area (Å²) in [7, 11) is 0. The van der Waals surface area contributed by atoms with E-state index in [-0.39, 0.29) is 17.9 Å². The Morgan fingerprint density at radius 2 is 1.90 bits per heavy atom. The first-order chi connectivity index (χ1) is 15.1. The maximum Gasteiger partial charge on any atom is 0.322 e. The summed E-state index contributed by atoms with van der Waals surface area (Å²) in [6.45, 7) is 0.574. The highest BCUT2D eigenvalue weighted by Crippen LogP contribution is 2.38. The Hall–Kier alpha value is -3.25. The van der Waals surface area contributed by atoms with E-state index in [1.165, 1.54) is 23.1 Å². The minimum atomic E-state index is -0.319. The van der Waals surface area contributed by atoms with Gasteiger partial charge in [0.25, 0.3) is 0 Å². The number of nitrogens with one attached hydrogen (secondary N) is 2. The minimum Gasteiger partial charge on any atom is -0.356 e. The van der Waals surface area contributed by atoms with Crippen molar-refractivity contribution in [3.05, 3.63) is 95.4 Å². The molecule has 2 amide bonds. The zero-order valence-electron chi connectivity index (χ0n) is 17.1. The van der Waals surface area contributed by atoms with E-state index in [4.69, 9.17) is 0 Å². The van der Waals surface area contributed by atoms with Crippen molar-refractivity contribution in [2.45, 2.75) is 17.4 Å². The van der Waals surface area contributed by atoms with Gasteiger partial charge in [0.2, 0.25) is 0 Å².